The van der Waals surface area contributed by atoms with Gasteiger partial charge in [-0.2, -0.15) is 0 Å². The molecule has 1 aromatic rings. The van der Waals surface area contributed by atoms with E-state index in [9.17, 15) is 14.7 Å². The van der Waals surface area contributed by atoms with Crippen molar-refractivity contribution in [2.75, 3.05) is 26.2 Å². The molecular formula is C41H60N2O3. The number of carboxylic acids is 1. The summed E-state index contributed by atoms with van der Waals surface area (Å²) >= 11 is 0. The first kappa shape index (κ1) is 32.4. The Morgan fingerprint density at radius 2 is 1.54 bits per heavy atom. The van der Waals surface area contributed by atoms with E-state index < -0.39 is 5.97 Å². The molecule has 2 N–H and O–H groups in total. The molecule has 252 valence electrons. The lowest BCUT2D eigenvalue weighted by Crippen LogP contribution is -2.66. The first-order chi connectivity index (χ1) is 21.9. The van der Waals surface area contributed by atoms with Gasteiger partial charge in [-0.25, -0.2) is 4.79 Å². The molecule has 7 rings (SSSR count). The van der Waals surface area contributed by atoms with Gasteiger partial charge in [0.15, 0.2) is 0 Å². The number of nitrogens with one attached hydrogen (secondary N) is 1. The van der Waals surface area contributed by atoms with Crippen LogP contribution in [0.3, 0.4) is 0 Å². The van der Waals surface area contributed by atoms with Crippen molar-refractivity contribution in [2.45, 2.75) is 118 Å². The van der Waals surface area contributed by atoms with Crippen molar-refractivity contribution in [3.8, 4) is 0 Å². The fourth-order valence-corrected chi connectivity index (χ4v) is 13.5. The molecule has 5 aliphatic carbocycles. The Morgan fingerprint density at radius 3 is 2.26 bits per heavy atom. The summed E-state index contributed by atoms with van der Waals surface area (Å²) in [5.41, 5.74) is 3.62. The first-order valence-electron chi connectivity index (χ1n) is 18.9. The number of carbonyl (C=O) groups excluding carboxylic acids is 1. The summed E-state index contributed by atoms with van der Waals surface area (Å²) in [5, 5.41) is 12.9. The average molecular weight is 629 g/mol. The molecule has 1 aliphatic heterocycles. The number of likely N-dealkylation sites (tertiary alicyclic amines) is 1. The standard InChI is InChI=1S/C41H60N2O3/c1-37(2)30(28-11-13-29(14-12-28)35(44)45)17-20-38(3)33(37)18-21-40(5)34(38)16-15-31-32-10-9-19-41(32,23-22-39(31,40)4)36(46)42-24-27-43-25-7-6-8-26-43/h11-14,17,31-34H,6-10,15-16,18-27H2,1-5H3,(H,42,46)(H,44,45)/t31?,32?,33?,34?,38?,39-,40?,41?/m1/s1. The number of carbonyl (C=O) groups is 2. The highest BCUT2D eigenvalue weighted by molar-refractivity contribution is 5.88. The van der Waals surface area contributed by atoms with Crippen molar-refractivity contribution < 1.29 is 14.7 Å². The Labute approximate surface area is 278 Å². The van der Waals surface area contributed by atoms with Gasteiger partial charge < -0.3 is 15.3 Å². The van der Waals surface area contributed by atoms with Crippen molar-refractivity contribution in [1.82, 2.24) is 10.2 Å². The normalized spacial score (nSPS) is 41.7. The number of fused-ring (bicyclic) bond motifs is 7. The summed E-state index contributed by atoms with van der Waals surface area (Å²) in [5.74, 6) is 1.98. The van der Waals surface area contributed by atoms with Crippen molar-refractivity contribution in [3.63, 3.8) is 0 Å². The number of piperidine rings is 1. The van der Waals surface area contributed by atoms with E-state index >= 15 is 0 Å². The zero-order chi connectivity index (χ0) is 32.5. The summed E-state index contributed by atoms with van der Waals surface area (Å²) in [6.45, 7) is 17.1. The molecule has 4 saturated carbocycles. The molecule has 1 aromatic carbocycles. The van der Waals surface area contributed by atoms with E-state index in [2.05, 4.69) is 50.9 Å². The van der Waals surface area contributed by atoms with E-state index in [1.807, 2.05) is 12.1 Å². The van der Waals surface area contributed by atoms with Gasteiger partial charge >= 0.3 is 5.97 Å². The van der Waals surface area contributed by atoms with Crippen LogP contribution < -0.4 is 5.32 Å². The largest absolute Gasteiger partial charge is 0.478 e. The minimum atomic E-state index is -0.863. The van der Waals surface area contributed by atoms with Crippen LogP contribution in [0.4, 0.5) is 0 Å². The highest BCUT2D eigenvalue weighted by Crippen LogP contribution is 2.77. The molecule has 0 bridgehead atoms. The summed E-state index contributed by atoms with van der Waals surface area (Å²) in [6, 6.07) is 7.59. The van der Waals surface area contributed by atoms with Gasteiger partial charge in [0, 0.05) is 13.1 Å². The smallest absolute Gasteiger partial charge is 0.335 e. The molecule has 1 heterocycles. The summed E-state index contributed by atoms with van der Waals surface area (Å²) in [4.78, 5) is 28.2. The summed E-state index contributed by atoms with van der Waals surface area (Å²) in [7, 11) is 0. The van der Waals surface area contributed by atoms with Crippen LogP contribution in [0, 0.1) is 50.7 Å². The Morgan fingerprint density at radius 1 is 0.804 bits per heavy atom. The maximum Gasteiger partial charge on any atom is 0.335 e. The number of rotatable bonds is 6. The van der Waals surface area contributed by atoms with Gasteiger partial charge in [-0.3, -0.25) is 4.79 Å². The summed E-state index contributed by atoms with van der Waals surface area (Å²) in [6.07, 6.45) is 18.5. The zero-order valence-corrected chi connectivity index (χ0v) is 29.4. The van der Waals surface area contributed by atoms with Gasteiger partial charge in [0.25, 0.3) is 0 Å². The van der Waals surface area contributed by atoms with Crippen molar-refractivity contribution in [3.05, 3.63) is 41.5 Å². The quantitative estimate of drug-likeness (QED) is 0.330. The number of amides is 1. The Balaban J connectivity index is 1.12. The first-order valence-corrected chi connectivity index (χ1v) is 18.9. The molecule has 0 aromatic heterocycles. The van der Waals surface area contributed by atoms with Crippen LogP contribution in [0.1, 0.15) is 134 Å². The molecule has 0 spiro atoms. The maximum absolute atomic E-state index is 14.1. The monoisotopic (exact) mass is 628 g/mol. The lowest BCUT2D eigenvalue weighted by atomic mass is 9.32. The van der Waals surface area contributed by atoms with Crippen LogP contribution >= 0.6 is 0 Å². The van der Waals surface area contributed by atoms with Crippen LogP contribution in [-0.2, 0) is 4.79 Å². The molecule has 0 radical (unpaired) electrons. The van der Waals surface area contributed by atoms with Crippen LogP contribution in [0.2, 0.25) is 0 Å². The number of carboxylic acid groups (broad SMARTS) is 1. The molecule has 8 atom stereocenters. The number of hydrogen-bond donors (Lipinski definition) is 2. The van der Waals surface area contributed by atoms with E-state index in [0.717, 1.165) is 32.4 Å². The number of aromatic carboxylic acids is 1. The Bertz CT molecular complexity index is 1380. The molecule has 1 amide bonds. The second-order valence-electron chi connectivity index (χ2n) is 17.9. The maximum atomic E-state index is 14.1. The van der Waals surface area contributed by atoms with E-state index in [1.54, 1.807) is 12.1 Å². The number of nitrogens with zero attached hydrogens (tertiary/aromatic N) is 1. The van der Waals surface area contributed by atoms with Gasteiger partial charge in [0.05, 0.1) is 11.0 Å². The average Bonchev–Trinajstić information content (AvgIpc) is 3.47. The van der Waals surface area contributed by atoms with Gasteiger partial charge in [-0.15, -0.1) is 0 Å². The molecule has 1 saturated heterocycles. The lowest BCUT2D eigenvalue weighted by Gasteiger charge is -2.72. The fraction of sp³-hybridized carbons (Fsp3) is 0.756. The number of benzene rings is 1. The van der Waals surface area contributed by atoms with Gasteiger partial charge in [-0.05, 0) is 152 Å². The molecule has 5 heteroatoms. The van der Waals surface area contributed by atoms with Crippen LogP contribution in [-0.4, -0.2) is 48.1 Å². The fourth-order valence-electron chi connectivity index (χ4n) is 13.5. The Kier molecular flexibility index (Phi) is 8.09. The van der Waals surface area contributed by atoms with E-state index in [0.29, 0.717) is 35.1 Å². The van der Waals surface area contributed by atoms with E-state index in [-0.39, 0.29) is 27.1 Å². The minimum absolute atomic E-state index is 0.0241. The van der Waals surface area contributed by atoms with Crippen molar-refractivity contribution in [1.29, 1.82) is 0 Å². The van der Waals surface area contributed by atoms with Crippen molar-refractivity contribution in [2.24, 2.45) is 50.7 Å². The third-order valence-electron chi connectivity index (χ3n) is 16.0. The molecule has 6 aliphatic rings. The van der Waals surface area contributed by atoms with E-state index in [4.69, 9.17) is 0 Å². The minimum Gasteiger partial charge on any atom is -0.478 e. The predicted molar refractivity (Wildman–Crippen MR) is 185 cm³/mol. The Hall–Kier alpha value is -2.14. The third-order valence-corrected chi connectivity index (χ3v) is 16.0. The topological polar surface area (TPSA) is 69.6 Å². The lowest BCUT2D eigenvalue weighted by molar-refractivity contribution is -0.222. The van der Waals surface area contributed by atoms with Crippen LogP contribution in [0.5, 0.6) is 0 Å². The molecular weight excluding hydrogens is 568 g/mol. The highest BCUT2D eigenvalue weighted by Gasteiger charge is 2.70. The second-order valence-corrected chi connectivity index (χ2v) is 17.9. The SMILES string of the molecule is CC1(C)C(c2ccc(C(=O)O)cc2)=CCC2(C)C1CCC1(C)C2CCC2C3CCCC3(C(=O)NCCN3CCCCC3)CC[C@]21C. The van der Waals surface area contributed by atoms with E-state index in [1.165, 1.54) is 88.4 Å². The number of hydrogen-bond acceptors (Lipinski definition) is 3. The second kappa shape index (κ2) is 11.5. The van der Waals surface area contributed by atoms with Gasteiger partial charge in [0.1, 0.15) is 0 Å². The van der Waals surface area contributed by atoms with Crippen LogP contribution in [0.25, 0.3) is 5.57 Å². The van der Waals surface area contributed by atoms with Crippen LogP contribution in [0.15, 0.2) is 30.3 Å². The van der Waals surface area contributed by atoms with Crippen molar-refractivity contribution >= 4 is 17.4 Å². The molecule has 5 nitrogen and oxygen atoms in total. The highest BCUT2D eigenvalue weighted by atomic mass is 16.4. The predicted octanol–water partition coefficient (Wildman–Crippen LogP) is 8.84. The molecule has 7 unspecified atom stereocenters. The number of allylic oxidation sites excluding steroid dienone is 2. The molecule has 46 heavy (non-hydrogen) atoms. The molecule has 5 fully saturated rings. The summed E-state index contributed by atoms with van der Waals surface area (Å²) < 4.78 is 0. The van der Waals surface area contributed by atoms with Gasteiger partial charge in [-0.1, -0.05) is 65.7 Å². The zero-order valence-electron chi connectivity index (χ0n) is 29.4. The third kappa shape index (κ3) is 4.71. The van der Waals surface area contributed by atoms with Gasteiger partial charge in [0.2, 0.25) is 5.91 Å².